The zero-order valence-electron chi connectivity index (χ0n) is 10.4. The topological polar surface area (TPSA) is 50.8 Å². The summed E-state index contributed by atoms with van der Waals surface area (Å²) in [7, 11) is 1.38. The van der Waals surface area contributed by atoms with Gasteiger partial charge < -0.3 is 14.8 Å². The molecule has 1 heterocycles. The Labute approximate surface area is 97.1 Å². The van der Waals surface area contributed by atoms with Gasteiger partial charge in [0.25, 0.3) is 0 Å². The molecular weight excluding hydrogens is 208 g/mol. The van der Waals surface area contributed by atoms with Crippen molar-refractivity contribution in [2.24, 2.45) is 5.92 Å². The highest BCUT2D eigenvalue weighted by Gasteiger charge is 2.24. The van der Waals surface area contributed by atoms with Gasteiger partial charge in [-0.15, -0.1) is 0 Å². The van der Waals surface area contributed by atoms with E-state index in [0.717, 1.165) is 26.3 Å². The van der Waals surface area contributed by atoms with Crippen molar-refractivity contribution in [1.29, 1.82) is 0 Å². The molecule has 5 heteroatoms. The molecule has 1 rings (SSSR count). The first kappa shape index (κ1) is 13.3. The predicted molar refractivity (Wildman–Crippen MR) is 61.4 cm³/mol. The first-order valence-electron chi connectivity index (χ1n) is 5.78. The minimum Gasteiger partial charge on any atom is -0.453 e. The maximum Gasteiger partial charge on any atom is 0.406 e. The summed E-state index contributed by atoms with van der Waals surface area (Å²) in [6.07, 6.45) is -0.362. The van der Waals surface area contributed by atoms with Crippen LogP contribution in [0.3, 0.4) is 0 Å². The molecule has 1 N–H and O–H groups in total. The Morgan fingerprint density at radius 3 is 2.56 bits per heavy atom. The summed E-state index contributed by atoms with van der Waals surface area (Å²) < 4.78 is 9.90. The highest BCUT2D eigenvalue weighted by molar-refractivity contribution is 5.66. The lowest BCUT2D eigenvalue weighted by Gasteiger charge is -2.36. The normalized spacial score (nSPS) is 19.5. The van der Waals surface area contributed by atoms with Crippen LogP contribution < -0.4 is 5.32 Å². The summed E-state index contributed by atoms with van der Waals surface area (Å²) in [6, 6.07) is 0.350. The molecule has 94 valence electrons. The Morgan fingerprint density at radius 1 is 1.44 bits per heavy atom. The van der Waals surface area contributed by atoms with Crippen LogP contribution in [-0.4, -0.2) is 57.0 Å². The number of carbonyl (C=O) groups excluding carboxylic acids is 1. The Balaban J connectivity index is 2.42. The van der Waals surface area contributed by atoms with Crippen LogP contribution in [0.2, 0.25) is 0 Å². The number of ether oxygens (including phenoxy) is 2. The van der Waals surface area contributed by atoms with Crippen LogP contribution in [0.1, 0.15) is 13.8 Å². The third-order valence-corrected chi connectivity index (χ3v) is 2.93. The van der Waals surface area contributed by atoms with Crippen molar-refractivity contribution in [2.45, 2.75) is 19.9 Å². The molecule has 1 aliphatic rings. The van der Waals surface area contributed by atoms with Crippen LogP contribution in [0.5, 0.6) is 0 Å². The molecule has 0 aromatic rings. The van der Waals surface area contributed by atoms with Crippen LogP contribution in [0, 0.1) is 5.92 Å². The first-order chi connectivity index (χ1) is 7.65. The Kier molecular flexibility index (Phi) is 5.55. The molecule has 0 radical (unpaired) electrons. The third-order valence-electron chi connectivity index (χ3n) is 2.93. The molecule has 5 nitrogen and oxygen atoms in total. The van der Waals surface area contributed by atoms with Gasteiger partial charge in [0.15, 0.2) is 0 Å². The number of hydrogen-bond acceptors (Lipinski definition) is 4. The van der Waals surface area contributed by atoms with Gasteiger partial charge >= 0.3 is 6.09 Å². The number of methoxy groups -OCH3 is 1. The van der Waals surface area contributed by atoms with Crippen molar-refractivity contribution in [2.75, 3.05) is 40.0 Å². The number of nitrogens with zero attached hydrogens (tertiary/aromatic N) is 1. The third kappa shape index (κ3) is 3.98. The standard InChI is InChI=1S/C11H22N2O3/c1-9(2)10(8-12-11(14)15-3)13-4-6-16-7-5-13/h9-10H,4-8H2,1-3H3,(H,12,14). The summed E-state index contributed by atoms with van der Waals surface area (Å²) in [5, 5.41) is 2.77. The smallest absolute Gasteiger partial charge is 0.406 e. The first-order valence-corrected chi connectivity index (χ1v) is 5.78. The van der Waals surface area contributed by atoms with Crippen molar-refractivity contribution in [3.63, 3.8) is 0 Å². The van der Waals surface area contributed by atoms with E-state index in [1.165, 1.54) is 7.11 Å². The van der Waals surface area contributed by atoms with E-state index in [-0.39, 0.29) is 6.09 Å². The minimum atomic E-state index is -0.362. The summed E-state index contributed by atoms with van der Waals surface area (Å²) in [6.45, 7) is 8.39. The molecular formula is C11H22N2O3. The lowest BCUT2D eigenvalue weighted by molar-refractivity contribution is 0.00667. The van der Waals surface area contributed by atoms with Crippen molar-refractivity contribution in [3.8, 4) is 0 Å². The van der Waals surface area contributed by atoms with Gasteiger partial charge in [-0.25, -0.2) is 4.79 Å². The maximum absolute atomic E-state index is 11.0. The van der Waals surface area contributed by atoms with E-state index in [1.807, 2.05) is 0 Å². The molecule has 16 heavy (non-hydrogen) atoms. The number of nitrogens with one attached hydrogen (secondary N) is 1. The summed E-state index contributed by atoms with van der Waals surface area (Å²) >= 11 is 0. The largest absolute Gasteiger partial charge is 0.453 e. The van der Waals surface area contributed by atoms with Crippen LogP contribution in [-0.2, 0) is 9.47 Å². The highest BCUT2D eigenvalue weighted by atomic mass is 16.5. The molecule has 0 saturated carbocycles. The molecule has 0 bridgehead atoms. The lowest BCUT2D eigenvalue weighted by Crippen LogP contribution is -2.51. The summed E-state index contributed by atoms with van der Waals surface area (Å²) in [4.78, 5) is 13.4. The van der Waals surface area contributed by atoms with Gasteiger partial charge in [0.05, 0.1) is 20.3 Å². The van der Waals surface area contributed by atoms with Crippen molar-refractivity contribution >= 4 is 6.09 Å². The monoisotopic (exact) mass is 230 g/mol. The van der Waals surface area contributed by atoms with E-state index in [9.17, 15) is 4.79 Å². The van der Waals surface area contributed by atoms with Crippen LogP contribution in [0.25, 0.3) is 0 Å². The number of carbonyl (C=O) groups is 1. The van der Waals surface area contributed by atoms with E-state index in [4.69, 9.17) is 4.74 Å². The van der Waals surface area contributed by atoms with Gasteiger partial charge in [-0.2, -0.15) is 0 Å². The fourth-order valence-electron chi connectivity index (χ4n) is 1.96. The molecule has 0 aliphatic carbocycles. The summed E-state index contributed by atoms with van der Waals surface area (Å²) in [5.41, 5.74) is 0. The van der Waals surface area contributed by atoms with Gasteiger partial charge in [-0.3, -0.25) is 4.90 Å². The SMILES string of the molecule is COC(=O)NCC(C(C)C)N1CCOCC1. The number of alkyl carbamates (subject to hydrolysis) is 1. The van der Waals surface area contributed by atoms with E-state index < -0.39 is 0 Å². The van der Waals surface area contributed by atoms with Crippen LogP contribution in [0.4, 0.5) is 4.79 Å². The zero-order valence-corrected chi connectivity index (χ0v) is 10.4. The van der Waals surface area contributed by atoms with Crippen LogP contribution in [0.15, 0.2) is 0 Å². The second kappa shape index (κ2) is 6.70. The van der Waals surface area contributed by atoms with E-state index in [2.05, 4.69) is 28.8 Å². The Morgan fingerprint density at radius 2 is 2.06 bits per heavy atom. The van der Waals surface area contributed by atoms with E-state index in [0.29, 0.717) is 18.5 Å². The Bertz CT molecular complexity index is 215. The number of rotatable bonds is 4. The molecule has 1 unspecified atom stereocenters. The van der Waals surface area contributed by atoms with Crippen LogP contribution >= 0.6 is 0 Å². The van der Waals surface area contributed by atoms with Crippen molar-refractivity contribution in [3.05, 3.63) is 0 Å². The summed E-state index contributed by atoms with van der Waals surface area (Å²) in [5.74, 6) is 0.496. The number of hydrogen-bond donors (Lipinski definition) is 1. The fraction of sp³-hybridized carbons (Fsp3) is 0.909. The van der Waals surface area contributed by atoms with Gasteiger partial charge in [0.2, 0.25) is 0 Å². The quantitative estimate of drug-likeness (QED) is 0.772. The molecule has 1 atom stereocenters. The van der Waals surface area contributed by atoms with Crippen molar-refractivity contribution < 1.29 is 14.3 Å². The Hall–Kier alpha value is -0.810. The lowest BCUT2D eigenvalue weighted by atomic mass is 10.0. The second-order valence-corrected chi connectivity index (χ2v) is 4.33. The van der Waals surface area contributed by atoms with E-state index in [1.54, 1.807) is 0 Å². The molecule has 1 saturated heterocycles. The highest BCUT2D eigenvalue weighted by Crippen LogP contribution is 2.12. The number of amides is 1. The molecule has 0 spiro atoms. The van der Waals surface area contributed by atoms with Gasteiger partial charge in [0, 0.05) is 25.7 Å². The van der Waals surface area contributed by atoms with Gasteiger partial charge in [0.1, 0.15) is 0 Å². The van der Waals surface area contributed by atoms with Gasteiger partial charge in [-0.1, -0.05) is 13.8 Å². The minimum absolute atomic E-state index is 0.350. The average molecular weight is 230 g/mol. The average Bonchev–Trinajstić information content (AvgIpc) is 2.30. The molecule has 0 aromatic carbocycles. The maximum atomic E-state index is 11.0. The predicted octanol–water partition coefficient (Wildman–Crippen LogP) is 0.699. The number of morpholine rings is 1. The van der Waals surface area contributed by atoms with Crippen molar-refractivity contribution in [1.82, 2.24) is 10.2 Å². The van der Waals surface area contributed by atoms with E-state index >= 15 is 0 Å². The molecule has 1 fully saturated rings. The van der Waals surface area contributed by atoms with Gasteiger partial charge in [-0.05, 0) is 5.92 Å². The molecule has 0 aromatic heterocycles. The molecule has 1 amide bonds. The zero-order chi connectivity index (χ0) is 12.0. The molecule has 1 aliphatic heterocycles. The second-order valence-electron chi connectivity index (χ2n) is 4.33. The fourth-order valence-corrected chi connectivity index (χ4v) is 1.96.